The summed E-state index contributed by atoms with van der Waals surface area (Å²) in [6.07, 6.45) is 0.448. The van der Waals surface area contributed by atoms with Gasteiger partial charge in [-0.2, -0.15) is 4.98 Å². The molecule has 0 bridgehead atoms. The van der Waals surface area contributed by atoms with E-state index in [1.165, 1.54) is 0 Å². The number of esters is 1. The first-order chi connectivity index (χ1) is 14.5. The molecule has 0 radical (unpaired) electrons. The Balaban J connectivity index is 1.76. The van der Waals surface area contributed by atoms with Gasteiger partial charge in [0.25, 0.3) is 0 Å². The third kappa shape index (κ3) is 5.91. The lowest BCUT2D eigenvalue weighted by atomic mass is 10.1. The molecule has 2 N–H and O–H groups in total. The summed E-state index contributed by atoms with van der Waals surface area (Å²) >= 11 is 0. The van der Waals surface area contributed by atoms with Gasteiger partial charge in [-0.15, -0.1) is 0 Å². The van der Waals surface area contributed by atoms with E-state index in [0.29, 0.717) is 12.2 Å². The topological polar surface area (TPSA) is 106 Å². The fraction of sp³-hybridized carbons (Fsp3) is 0.273. The van der Waals surface area contributed by atoms with Gasteiger partial charge in [0.1, 0.15) is 12.6 Å². The van der Waals surface area contributed by atoms with E-state index in [2.05, 4.69) is 20.8 Å². The molecule has 3 rings (SSSR count). The van der Waals surface area contributed by atoms with Crippen molar-refractivity contribution in [3.05, 3.63) is 71.6 Å². The van der Waals surface area contributed by atoms with Crippen molar-refractivity contribution in [2.24, 2.45) is 0 Å². The summed E-state index contributed by atoms with van der Waals surface area (Å²) in [5.74, 6) is 0.217. The first-order valence-electron chi connectivity index (χ1n) is 9.69. The molecule has 1 atom stereocenters. The van der Waals surface area contributed by atoms with Gasteiger partial charge in [0, 0.05) is 12.0 Å². The van der Waals surface area contributed by atoms with Gasteiger partial charge in [-0.25, -0.2) is 4.79 Å². The van der Waals surface area contributed by atoms with Crippen molar-refractivity contribution in [1.82, 2.24) is 20.8 Å². The van der Waals surface area contributed by atoms with E-state index in [9.17, 15) is 9.59 Å². The number of aromatic nitrogens is 2. The number of ether oxygens (including phenoxy) is 1. The first-order valence-corrected chi connectivity index (χ1v) is 9.69. The second kappa shape index (κ2) is 10.2. The molecule has 0 fully saturated rings. The molecule has 1 unspecified atom stereocenters. The van der Waals surface area contributed by atoms with Crippen molar-refractivity contribution < 1.29 is 18.8 Å². The van der Waals surface area contributed by atoms with Crippen LogP contribution in [-0.2, 0) is 16.0 Å². The summed E-state index contributed by atoms with van der Waals surface area (Å²) in [6.45, 7) is 3.71. The Morgan fingerprint density at radius 3 is 2.67 bits per heavy atom. The van der Waals surface area contributed by atoms with Crippen LogP contribution in [0.15, 0.2) is 59.1 Å². The zero-order valence-corrected chi connectivity index (χ0v) is 16.9. The van der Waals surface area contributed by atoms with Gasteiger partial charge in [-0.05, 0) is 25.5 Å². The molecule has 2 aromatic carbocycles. The van der Waals surface area contributed by atoms with Crippen LogP contribution in [0.3, 0.4) is 0 Å². The Kier molecular flexibility index (Phi) is 7.15. The largest absolute Gasteiger partial charge is 0.465 e. The molecule has 0 spiro atoms. The second-order valence-corrected chi connectivity index (χ2v) is 6.70. The van der Waals surface area contributed by atoms with Gasteiger partial charge in [-0.3, -0.25) is 4.79 Å². The van der Waals surface area contributed by atoms with Crippen molar-refractivity contribution in [2.45, 2.75) is 26.3 Å². The van der Waals surface area contributed by atoms with Crippen LogP contribution in [0.25, 0.3) is 11.4 Å². The number of amides is 2. The maximum absolute atomic E-state index is 12.3. The Bertz CT molecular complexity index is 988. The molecule has 0 saturated carbocycles. The summed E-state index contributed by atoms with van der Waals surface area (Å²) < 4.78 is 10.3. The summed E-state index contributed by atoms with van der Waals surface area (Å²) in [7, 11) is 0. The van der Waals surface area contributed by atoms with E-state index >= 15 is 0 Å². The van der Waals surface area contributed by atoms with Crippen molar-refractivity contribution in [2.75, 3.05) is 13.2 Å². The third-order valence-electron chi connectivity index (χ3n) is 4.30. The number of aryl methyl sites for hydroxylation is 1. The van der Waals surface area contributed by atoms with E-state index in [1.807, 2.05) is 61.5 Å². The Morgan fingerprint density at radius 1 is 1.13 bits per heavy atom. The predicted molar refractivity (Wildman–Crippen MR) is 111 cm³/mol. The minimum absolute atomic E-state index is 0.226. The standard InChI is InChI=1S/C22H24N4O4/c1-3-29-19(27)14-23-22(28)24-18(13-16-9-5-4-6-10-16)21-25-20(26-30-21)17-11-7-8-15(2)12-17/h4-12,18H,3,13-14H2,1-2H3,(H2,23,24,28). The van der Waals surface area contributed by atoms with Gasteiger partial charge < -0.3 is 19.9 Å². The molecule has 2 amide bonds. The number of hydrogen-bond acceptors (Lipinski definition) is 6. The normalized spacial score (nSPS) is 11.5. The molecule has 0 aliphatic heterocycles. The number of carbonyl (C=O) groups excluding carboxylic acids is 2. The average Bonchev–Trinajstić information content (AvgIpc) is 3.23. The minimum atomic E-state index is -0.569. The van der Waals surface area contributed by atoms with Crippen LogP contribution < -0.4 is 10.6 Å². The molecule has 8 nitrogen and oxygen atoms in total. The number of benzene rings is 2. The highest BCUT2D eigenvalue weighted by Gasteiger charge is 2.22. The number of urea groups is 1. The van der Waals surface area contributed by atoms with Gasteiger partial charge in [0.05, 0.1) is 6.61 Å². The lowest BCUT2D eigenvalue weighted by Crippen LogP contribution is -2.41. The van der Waals surface area contributed by atoms with Crippen LogP contribution in [0.2, 0.25) is 0 Å². The highest BCUT2D eigenvalue weighted by molar-refractivity contribution is 5.80. The number of carbonyl (C=O) groups is 2. The highest BCUT2D eigenvalue weighted by Crippen LogP contribution is 2.22. The van der Waals surface area contributed by atoms with Crippen molar-refractivity contribution >= 4 is 12.0 Å². The van der Waals surface area contributed by atoms with Crippen LogP contribution in [0.1, 0.15) is 30.0 Å². The number of nitrogens with zero attached hydrogens (tertiary/aromatic N) is 2. The van der Waals surface area contributed by atoms with E-state index in [-0.39, 0.29) is 19.0 Å². The SMILES string of the molecule is CCOC(=O)CNC(=O)NC(Cc1ccccc1)c1nc(-c2cccc(C)c2)no1. The van der Waals surface area contributed by atoms with Crippen molar-refractivity contribution in [1.29, 1.82) is 0 Å². The summed E-state index contributed by atoms with van der Waals surface area (Å²) in [5.41, 5.74) is 2.90. The number of hydrogen-bond donors (Lipinski definition) is 2. The van der Waals surface area contributed by atoms with E-state index in [4.69, 9.17) is 9.26 Å². The lowest BCUT2D eigenvalue weighted by molar-refractivity contribution is -0.141. The Hall–Kier alpha value is -3.68. The van der Waals surface area contributed by atoms with E-state index in [0.717, 1.165) is 16.7 Å². The Labute approximate surface area is 174 Å². The molecule has 0 saturated heterocycles. The second-order valence-electron chi connectivity index (χ2n) is 6.70. The highest BCUT2D eigenvalue weighted by atomic mass is 16.5. The monoisotopic (exact) mass is 408 g/mol. The molecule has 1 heterocycles. The van der Waals surface area contributed by atoms with Crippen LogP contribution >= 0.6 is 0 Å². The molecule has 3 aromatic rings. The summed E-state index contributed by atoms with van der Waals surface area (Å²) in [5, 5.41) is 9.35. The maximum Gasteiger partial charge on any atom is 0.325 e. The van der Waals surface area contributed by atoms with Gasteiger partial charge in [0.2, 0.25) is 11.7 Å². The summed E-state index contributed by atoms with van der Waals surface area (Å²) in [4.78, 5) is 28.3. The predicted octanol–water partition coefficient (Wildman–Crippen LogP) is 3.19. The molecule has 1 aromatic heterocycles. The van der Waals surface area contributed by atoms with Crippen LogP contribution in [0.5, 0.6) is 0 Å². The maximum atomic E-state index is 12.3. The Morgan fingerprint density at radius 2 is 1.93 bits per heavy atom. The average molecular weight is 408 g/mol. The van der Waals surface area contributed by atoms with Crippen LogP contribution in [0, 0.1) is 6.92 Å². The quantitative estimate of drug-likeness (QED) is 0.555. The zero-order chi connectivity index (χ0) is 21.3. The molecule has 0 aliphatic rings. The molecule has 156 valence electrons. The van der Waals surface area contributed by atoms with Gasteiger partial charge in [-0.1, -0.05) is 59.3 Å². The fourth-order valence-corrected chi connectivity index (χ4v) is 2.90. The molecule has 8 heteroatoms. The summed E-state index contributed by atoms with van der Waals surface area (Å²) in [6, 6.07) is 16.3. The smallest absolute Gasteiger partial charge is 0.325 e. The zero-order valence-electron chi connectivity index (χ0n) is 16.9. The molecular weight excluding hydrogens is 384 g/mol. The minimum Gasteiger partial charge on any atom is -0.465 e. The van der Waals surface area contributed by atoms with Gasteiger partial charge >= 0.3 is 12.0 Å². The van der Waals surface area contributed by atoms with Gasteiger partial charge in [0.15, 0.2) is 0 Å². The molecule has 0 aliphatic carbocycles. The number of nitrogens with one attached hydrogen (secondary N) is 2. The van der Waals surface area contributed by atoms with Crippen LogP contribution in [-0.4, -0.2) is 35.3 Å². The lowest BCUT2D eigenvalue weighted by Gasteiger charge is -2.15. The van der Waals surface area contributed by atoms with E-state index < -0.39 is 18.0 Å². The van der Waals surface area contributed by atoms with Crippen molar-refractivity contribution in [3.63, 3.8) is 0 Å². The first kappa shape index (κ1) is 21.0. The number of rotatable bonds is 8. The van der Waals surface area contributed by atoms with Crippen LogP contribution in [0.4, 0.5) is 4.79 Å². The fourth-order valence-electron chi connectivity index (χ4n) is 2.90. The third-order valence-corrected chi connectivity index (χ3v) is 4.30. The molecular formula is C22H24N4O4. The van der Waals surface area contributed by atoms with Crippen molar-refractivity contribution in [3.8, 4) is 11.4 Å². The van der Waals surface area contributed by atoms with E-state index in [1.54, 1.807) is 6.92 Å². The molecule has 30 heavy (non-hydrogen) atoms.